The average Bonchev–Trinajstić information content (AvgIpc) is 3.78. The molecule has 12 nitrogen and oxygen atoms in total. The number of carbonyl (C=O) groups excluding carboxylic acids is 3. The molecule has 8 rings (SSSR count). The molecule has 272 valence electrons. The molecule has 3 amide bonds. The van der Waals surface area contributed by atoms with Crippen LogP contribution in [0.2, 0.25) is 0 Å². The van der Waals surface area contributed by atoms with E-state index in [1.165, 1.54) is 5.56 Å². The van der Waals surface area contributed by atoms with Gasteiger partial charge in [-0.2, -0.15) is 4.98 Å². The molecule has 4 aromatic rings. The summed E-state index contributed by atoms with van der Waals surface area (Å²) in [5.74, 6) is 0.648. The highest BCUT2D eigenvalue weighted by atomic mass is 19.1. The van der Waals surface area contributed by atoms with Crippen molar-refractivity contribution in [3.63, 3.8) is 0 Å². The molecule has 1 atom stereocenters. The maximum absolute atomic E-state index is 16.0. The molecule has 3 saturated heterocycles. The van der Waals surface area contributed by atoms with E-state index in [2.05, 4.69) is 47.1 Å². The molecule has 0 bridgehead atoms. The number of benzene rings is 1. The van der Waals surface area contributed by atoms with Crippen LogP contribution in [0.1, 0.15) is 90.9 Å². The Bertz CT molecular complexity index is 1960. The lowest BCUT2D eigenvalue weighted by Gasteiger charge is -2.45. The number of nitrogens with one attached hydrogen (secondary N) is 2. The van der Waals surface area contributed by atoms with Crippen molar-refractivity contribution in [2.75, 3.05) is 57.0 Å². The van der Waals surface area contributed by atoms with Gasteiger partial charge in [-0.15, -0.1) is 0 Å². The van der Waals surface area contributed by atoms with Crippen molar-refractivity contribution in [1.29, 1.82) is 0 Å². The summed E-state index contributed by atoms with van der Waals surface area (Å²) in [6.07, 6.45) is 9.74. The molecule has 1 aliphatic carbocycles. The van der Waals surface area contributed by atoms with E-state index in [1.807, 2.05) is 36.5 Å². The number of carbonyl (C=O) groups is 3. The second-order valence-electron chi connectivity index (χ2n) is 15.2. The monoisotopic (exact) mass is 707 g/mol. The van der Waals surface area contributed by atoms with E-state index >= 15 is 4.39 Å². The van der Waals surface area contributed by atoms with Crippen LogP contribution >= 0.6 is 0 Å². The summed E-state index contributed by atoms with van der Waals surface area (Å²) in [6.45, 7) is 3.33. The van der Waals surface area contributed by atoms with Crippen LogP contribution in [0, 0.1) is 0 Å². The first-order valence-corrected chi connectivity index (χ1v) is 18.5. The number of rotatable bonds is 9. The van der Waals surface area contributed by atoms with Crippen molar-refractivity contribution in [1.82, 2.24) is 34.6 Å². The smallest absolute Gasteiger partial charge is 0.270 e. The summed E-state index contributed by atoms with van der Waals surface area (Å²) in [6, 6.07) is 14.2. The fourth-order valence-electron chi connectivity index (χ4n) is 8.40. The zero-order valence-electron chi connectivity index (χ0n) is 29.9. The predicted octanol–water partition coefficient (Wildman–Crippen LogP) is 5.31. The van der Waals surface area contributed by atoms with Crippen LogP contribution in [-0.4, -0.2) is 99.5 Å². The van der Waals surface area contributed by atoms with Gasteiger partial charge in [-0.25, -0.2) is 14.4 Å². The standard InChI is InChI=1S/C39H46FN9O3/c1-46(2)37(52)32-19-27-20-42-38(45-35(27)49(32)29-5-3-4-6-29)43-33-13-11-30(21-41-33)48-17-15-39(40,16-18-48)24-47-22-28(23-47)25-7-9-26(10-8-25)31-12-14-34(50)44-36(31)51/h7-11,13,19-21,28-29,31H,3-6,12,14-18,22-24H2,1-2H3,(H,44,50,51)(H,41,42,43,45). The molecule has 2 N–H and O–H groups in total. The van der Waals surface area contributed by atoms with E-state index in [9.17, 15) is 14.4 Å². The predicted molar refractivity (Wildman–Crippen MR) is 197 cm³/mol. The van der Waals surface area contributed by atoms with Crippen molar-refractivity contribution in [3.05, 3.63) is 71.7 Å². The largest absolute Gasteiger partial charge is 0.370 e. The number of piperidine rings is 2. The second kappa shape index (κ2) is 13.9. The van der Waals surface area contributed by atoms with Crippen LogP contribution in [0.15, 0.2) is 54.9 Å². The van der Waals surface area contributed by atoms with Crippen molar-refractivity contribution < 1.29 is 18.8 Å². The van der Waals surface area contributed by atoms with E-state index < -0.39 is 5.67 Å². The van der Waals surface area contributed by atoms with E-state index in [0.717, 1.165) is 61.1 Å². The minimum absolute atomic E-state index is 0.0405. The maximum Gasteiger partial charge on any atom is 0.270 e. The zero-order valence-corrected chi connectivity index (χ0v) is 29.9. The van der Waals surface area contributed by atoms with E-state index in [4.69, 9.17) is 4.98 Å². The van der Waals surface area contributed by atoms with Gasteiger partial charge in [0.2, 0.25) is 17.8 Å². The van der Waals surface area contributed by atoms with Crippen LogP contribution < -0.4 is 15.5 Å². The molecule has 4 aliphatic rings. The van der Waals surface area contributed by atoms with Crippen molar-refractivity contribution in [2.45, 2.75) is 74.9 Å². The molecule has 1 aromatic carbocycles. The Morgan fingerprint density at radius 2 is 1.71 bits per heavy atom. The minimum Gasteiger partial charge on any atom is -0.370 e. The molecule has 0 spiro atoms. The number of aromatic nitrogens is 4. The van der Waals surface area contributed by atoms with Crippen LogP contribution in [0.25, 0.3) is 11.0 Å². The fourth-order valence-corrected chi connectivity index (χ4v) is 8.40. The van der Waals surface area contributed by atoms with Gasteiger partial charge in [0.05, 0.1) is 17.8 Å². The summed E-state index contributed by atoms with van der Waals surface area (Å²) in [5.41, 5.74) is 3.27. The molecule has 52 heavy (non-hydrogen) atoms. The van der Waals surface area contributed by atoms with Crippen molar-refractivity contribution >= 4 is 46.2 Å². The van der Waals surface area contributed by atoms with Gasteiger partial charge in [0.1, 0.15) is 22.8 Å². The summed E-state index contributed by atoms with van der Waals surface area (Å²) in [5, 5.41) is 6.51. The number of halogens is 1. The third kappa shape index (κ3) is 6.85. The van der Waals surface area contributed by atoms with Gasteiger partial charge in [0.25, 0.3) is 5.91 Å². The Kier molecular flexibility index (Phi) is 9.14. The first kappa shape index (κ1) is 34.2. The molecule has 4 fully saturated rings. The molecule has 6 heterocycles. The van der Waals surface area contributed by atoms with Gasteiger partial charge >= 0.3 is 0 Å². The number of amides is 3. The Balaban J connectivity index is 0.839. The summed E-state index contributed by atoms with van der Waals surface area (Å²) in [4.78, 5) is 56.8. The van der Waals surface area contributed by atoms with Gasteiger partial charge in [-0.3, -0.25) is 24.6 Å². The summed E-state index contributed by atoms with van der Waals surface area (Å²) in [7, 11) is 3.54. The average molecular weight is 708 g/mol. The number of fused-ring (bicyclic) bond motifs is 1. The molecule has 3 aliphatic heterocycles. The molecule has 13 heteroatoms. The van der Waals surface area contributed by atoms with Gasteiger partial charge in [-0.1, -0.05) is 37.1 Å². The molecule has 0 radical (unpaired) electrons. The molecule has 1 saturated carbocycles. The van der Waals surface area contributed by atoms with E-state index in [-0.39, 0.29) is 29.7 Å². The number of anilines is 3. The summed E-state index contributed by atoms with van der Waals surface area (Å²) >= 11 is 0. The maximum atomic E-state index is 16.0. The lowest BCUT2D eigenvalue weighted by atomic mass is 9.85. The van der Waals surface area contributed by atoms with Gasteiger partial charge in [0.15, 0.2) is 0 Å². The SMILES string of the molecule is CN(C)C(=O)c1cc2cnc(Nc3ccc(N4CCC(F)(CN5CC(c6ccc(C7CCC(=O)NC7=O)cc6)C5)CC4)cn3)nc2n1C1CCCC1. The normalized spacial score (nSPS) is 21.3. The number of pyridine rings is 1. The van der Waals surface area contributed by atoms with Crippen LogP contribution in [-0.2, 0) is 9.59 Å². The first-order chi connectivity index (χ1) is 25.1. The molecule has 3 aromatic heterocycles. The molecular formula is C39H46FN9O3. The first-order valence-electron chi connectivity index (χ1n) is 18.5. The molecular weight excluding hydrogens is 661 g/mol. The number of alkyl halides is 1. The van der Waals surface area contributed by atoms with Gasteiger partial charge < -0.3 is 19.7 Å². The lowest BCUT2D eigenvalue weighted by molar-refractivity contribution is -0.134. The van der Waals surface area contributed by atoms with E-state index in [0.29, 0.717) is 68.7 Å². The lowest BCUT2D eigenvalue weighted by Crippen LogP contribution is -2.54. The number of hydrogen-bond donors (Lipinski definition) is 2. The van der Waals surface area contributed by atoms with E-state index in [1.54, 1.807) is 25.2 Å². The third-order valence-corrected chi connectivity index (χ3v) is 11.4. The second-order valence-corrected chi connectivity index (χ2v) is 15.2. The minimum atomic E-state index is -1.23. The Hall–Kier alpha value is -4.91. The Morgan fingerprint density at radius 1 is 0.981 bits per heavy atom. The van der Waals surface area contributed by atoms with Crippen molar-refractivity contribution in [2.24, 2.45) is 0 Å². The van der Waals surface area contributed by atoms with Crippen molar-refractivity contribution in [3.8, 4) is 0 Å². The highest BCUT2D eigenvalue weighted by Gasteiger charge is 2.40. The van der Waals surface area contributed by atoms with Crippen LogP contribution in [0.3, 0.4) is 0 Å². The summed E-state index contributed by atoms with van der Waals surface area (Å²) < 4.78 is 18.1. The quantitative estimate of drug-likeness (QED) is 0.222. The number of nitrogens with zero attached hydrogens (tertiary/aromatic N) is 7. The molecule has 1 unspecified atom stereocenters. The highest BCUT2D eigenvalue weighted by Crippen LogP contribution is 2.37. The number of hydrogen-bond acceptors (Lipinski definition) is 9. The zero-order chi connectivity index (χ0) is 36.0. The van der Waals surface area contributed by atoms with Crippen LogP contribution in [0.5, 0.6) is 0 Å². The van der Waals surface area contributed by atoms with Gasteiger partial charge in [-0.05, 0) is 48.6 Å². The van der Waals surface area contributed by atoms with Gasteiger partial charge in [0, 0.05) is 89.6 Å². The number of likely N-dealkylation sites (tertiary alicyclic amines) is 1. The Labute approximate surface area is 302 Å². The van der Waals surface area contributed by atoms with Crippen LogP contribution in [0.4, 0.5) is 21.8 Å². The number of imide groups is 1. The topological polar surface area (TPSA) is 129 Å². The highest BCUT2D eigenvalue weighted by molar-refractivity contribution is 6.01. The fraction of sp³-hybridized carbons (Fsp3) is 0.487. The Morgan fingerprint density at radius 3 is 2.38 bits per heavy atom. The third-order valence-electron chi connectivity index (χ3n) is 11.4.